The summed E-state index contributed by atoms with van der Waals surface area (Å²) in [6, 6.07) is 60.2. The molecule has 0 saturated carbocycles. The van der Waals surface area contributed by atoms with Gasteiger partial charge in [0.15, 0.2) is 0 Å². The summed E-state index contributed by atoms with van der Waals surface area (Å²) in [5.41, 5.74) is 19.2. The van der Waals surface area contributed by atoms with Gasteiger partial charge in [0.2, 0.25) is 6.71 Å². The molecular formula is C56H46BN. The Balaban J connectivity index is 1.08. The molecule has 1 nitrogen and oxygen atoms in total. The van der Waals surface area contributed by atoms with Crippen molar-refractivity contribution < 1.29 is 0 Å². The third-order valence-corrected chi connectivity index (χ3v) is 11.1. The maximum atomic E-state index is 3.51. The molecule has 0 unspecified atom stereocenters. The Hall–Kier alpha value is -7.00. The minimum atomic E-state index is 0.136. The Morgan fingerprint density at radius 1 is 0.362 bits per heavy atom. The zero-order chi connectivity index (χ0) is 40.2. The highest BCUT2D eigenvalue weighted by molar-refractivity contribution is 6.96. The molecular weight excluding hydrogens is 697 g/mol. The molecule has 0 atom stereocenters. The summed E-state index contributed by atoms with van der Waals surface area (Å²) < 4.78 is 0. The van der Waals surface area contributed by atoms with Gasteiger partial charge in [-0.1, -0.05) is 171 Å². The maximum absolute atomic E-state index is 3.51. The molecule has 0 aliphatic heterocycles. The van der Waals surface area contributed by atoms with Gasteiger partial charge in [-0.25, -0.2) is 0 Å². The minimum absolute atomic E-state index is 0.136. The van der Waals surface area contributed by atoms with Crippen LogP contribution in [0.5, 0.6) is 0 Å². The lowest BCUT2D eigenvalue weighted by Crippen LogP contribution is -2.55. The molecule has 0 saturated heterocycles. The highest BCUT2D eigenvalue weighted by atomic mass is 15.1. The second-order valence-corrected chi connectivity index (χ2v) is 15.4. The number of hydrogen-bond donors (Lipinski definition) is 0. The summed E-state index contributed by atoms with van der Waals surface area (Å²) >= 11 is 0. The summed E-state index contributed by atoms with van der Waals surface area (Å²) in [5, 5.41) is 2.20. The van der Waals surface area contributed by atoms with E-state index in [9.17, 15) is 0 Å². The molecule has 8 rings (SSSR count). The van der Waals surface area contributed by atoms with Gasteiger partial charge in [-0.3, -0.25) is 0 Å². The monoisotopic (exact) mass is 743 g/mol. The summed E-state index contributed by atoms with van der Waals surface area (Å²) in [6.07, 6.45) is 0. The fourth-order valence-corrected chi connectivity index (χ4v) is 8.62. The summed E-state index contributed by atoms with van der Waals surface area (Å²) in [5.74, 6) is 13.9. The van der Waals surface area contributed by atoms with Gasteiger partial charge < -0.3 is 4.90 Å². The zero-order valence-electron chi connectivity index (χ0n) is 34.2. The number of hydrogen-bond acceptors (Lipinski definition) is 1. The molecule has 0 aliphatic carbocycles. The number of rotatable bonds is 6. The molecule has 278 valence electrons. The second-order valence-electron chi connectivity index (χ2n) is 15.4. The fourth-order valence-electron chi connectivity index (χ4n) is 8.62. The van der Waals surface area contributed by atoms with Gasteiger partial charge in [0.1, 0.15) is 0 Å². The van der Waals surface area contributed by atoms with Gasteiger partial charge in [0.25, 0.3) is 0 Å². The van der Waals surface area contributed by atoms with Crippen molar-refractivity contribution in [1.82, 2.24) is 0 Å². The summed E-state index contributed by atoms with van der Waals surface area (Å²) in [4.78, 5) is 2.26. The first-order valence-electron chi connectivity index (χ1n) is 20.0. The maximum Gasteiger partial charge on any atom is 0.242 e. The Morgan fingerprint density at radius 3 is 1.14 bits per heavy atom. The van der Waals surface area contributed by atoms with Gasteiger partial charge in [-0.05, 0) is 125 Å². The highest BCUT2D eigenvalue weighted by Crippen LogP contribution is 2.34. The van der Waals surface area contributed by atoms with E-state index in [1.165, 1.54) is 49.8 Å². The number of nitrogens with zero attached hydrogens (tertiary/aromatic N) is 1. The van der Waals surface area contributed by atoms with E-state index in [1.807, 2.05) is 12.1 Å². The van der Waals surface area contributed by atoms with Crippen LogP contribution < -0.4 is 21.3 Å². The molecule has 8 aromatic rings. The van der Waals surface area contributed by atoms with Crippen LogP contribution in [0, 0.1) is 65.2 Å². The zero-order valence-corrected chi connectivity index (χ0v) is 34.2. The first kappa shape index (κ1) is 37.9. The third-order valence-electron chi connectivity index (χ3n) is 11.1. The van der Waals surface area contributed by atoms with Crippen LogP contribution in [0.4, 0.5) is 17.1 Å². The van der Waals surface area contributed by atoms with Crippen molar-refractivity contribution in [2.75, 3.05) is 4.90 Å². The van der Waals surface area contributed by atoms with Crippen LogP contribution >= 0.6 is 0 Å². The first-order chi connectivity index (χ1) is 28.2. The minimum Gasteiger partial charge on any atom is -0.311 e. The molecule has 58 heavy (non-hydrogen) atoms. The Kier molecular flexibility index (Phi) is 10.9. The van der Waals surface area contributed by atoms with Crippen molar-refractivity contribution in [2.24, 2.45) is 0 Å². The molecule has 0 radical (unpaired) electrons. The second kappa shape index (κ2) is 16.6. The van der Waals surface area contributed by atoms with Crippen LogP contribution in [0.3, 0.4) is 0 Å². The number of fused-ring (bicyclic) bond motifs is 1. The van der Waals surface area contributed by atoms with Crippen LogP contribution in [0.2, 0.25) is 0 Å². The number of anilines is 3. The first-order valence-corrected chi connectivity index (χ1v) is 20.0. The largest absolute Gasteiger partial charge is 0.311 e. The van der Waals surface area contributed by atoms with Gasteiger partial charge >= 0.3 is 0 Å². The van der Waals surface area contributed by atoms with E-state index in [1.54, 1.807) is 0 Å². The lowest BCUT2D eigenvalue weighted by atomic mass is 9.34. The SMILES string of the molecule is Cc1cc(C)c(B(c2ccc(C#Cc3ccc(C#Cc4ccc(N(c5ccccc5)c5ccccc5)cc4)c4ccccc34)cc2)c2c(C)cc(C)cc2C)c(C)c1. The van der Waals surface area contributed by atoms with Crippen molar-refractivity contribution in [3.05, 3.63) is 225 Å². The molecule has 2 heteroatoms. The average Bonchev–Trinajstić information content (AvgIpc) is 3.23. The van der Waals surface area contributed by atoms with Crippen molar-refractivity contribution >= 4 is 50.9 Å². The Bertz CT molecular complexity index is 2740. The molecule has 8 aromatic carbocycles. The lowest BCUT2D eigenvalue weighted by Gasteiger charge is -2.25. The number of aryl methyl sites for hydroxylation is 6. The van der Waals surface area contributed by atoms with Crippen LogP contribution in [-0.4, -0.2) is 6.71 Å². The van der Waals surface area contributed by atoms with Crippen LogP contribution in [-0.2, 0) is 0 Å². The smallest absolute Gasteiger partial charge is 0.242 e. The molecule has 0 amide bonds. The van der Waals surface area contributed by atoms with Gasteiger partial charge in [0, 0.05) is 39.3 Å². The lowest BCUT2D eigenvalue weighted by molar-refractivity contribution is 1.28. The van der Waals surface area contributed by atoms with Crippen molar-refractivity contribution in [3.63, 3.8) is 0 Å². The number of benzene rings is 8. The Labute approximate surface area is 345 Å². The molecule has 0 bridgehead atoms. The normalized spacial score (nSPS) is 10.7. The molecule has 0 heterocycles. The van der Waals surface area contributed by atoms with E-state index in [4.69, 9.17) is 0 Å². The quantitative estimate of drug-likeness (QED) is 0.121. The topological polar surface area (TPSA) is 3.24 Å². The van der Waals surface area contributed by atoms with E-state index >= 15 is 0 Å². The molecule has 0 aromatic heterocycles. The molecule has 0 fully saturated rings. The van der Waals surface area contributed by atoms with Crippen LogP contribution in [0.25, 0.3) is 10.8 Å². The molecule has 0 spiro atoms. The molecule has 0 N–H and O–H groups in total. The van der Waals surface area contributed by atoms with E-state index in [0.717, 1.165) is 50.1 Å². The highest BCUT2D eigenvalue weighted by Gasteiger charge is 2.28. The van der Waals surface area contributed by atoms with Gasteiger partial charge in [-0.2, -0.15) is 0 Å². The third kappa shape index (κ3) is 7.97. The van der Waals surface area contributed by atoms with Gasteiger partial charge in [0.05, 0.1) is 0 Å². The molecule has 0 aliphatic rings. The van der Waals surface area contributed by atoms with Crippen molar-refractivity contribution in [3.8, 4) is 23.7 Å². The van der Waals surface area contributed by atoms with Crippen LogP contribution in [0.15, 0.2) is 170 Å². The predicted molar refractivity (Wildman–Crippen MR) is 249 cm³/mol. The van der Waals surface area contributed by atoms with E-state index in [2.05, 4.69) is 228 Å². The summed E-state index contributed by atoms with van der Waals surface area (Å²) in [6.45, 7) is 13.5. The predicted octanol–water partition coefficient (Wildman–Crippen LogP) is 11.5. The fraction of sp³-hybridized carbons (Fsp3) is 0.107. The Morgan fingerprint density at radius 2 is 0.724 bits per heavy atom. The van der Waals surface area contributed by atoms with Crippen molar-refractivity contribution in [1.29, 1.82) is 0 Å². The van der Waals surface area contributed by atoms with E-state index < -0.39 is 0 Å². The number of para-hydroxylation sites is 2. The van der Waals surface area contributed by atoms with Gasteiger partial charge in [-0.15, -0.1) is 0 Å². The van der Waals surface area contributed by atoms with E-state index in [-0.39, 0.29) is 6.71 Å². The average molecular weight is 744 g/mol. The van der Waals surface area contributed by atoms with E-state index in [0.29, 0.717) is 0 Å². The summed E-state index contributed by atoms with van der Waals surface area (Å²) in [7, 11) is 0. The van der Waals surface area contributed by atoms with Crippen molar-refractivity contribution in [2.45, 2.75) is 41.5 Å². The van der Waals surface area contributed by atoms with Crippen LogP contribution in [0.1, 0.15) is 55.6 Å². The standard InChI is InChI=1S/C56H46BN/c1-39-35-41(3)55(42(4)36-39)57(56-43(5)37-40(2)38-44(56)6)49-31-23-45(24-32-49)21-27-47-29-30-48(54-20-14-13-19-53(47)54)28-22-46-25-33-52(34-26-46)58(50-15-9-7-10-16-50)51-17-11-8-12-18-51/h7-20,23-26,29-38H,1-6H3.